The molecule has 0 bridgehead atoms. The number of morpholine rings is 1. The quantitative estimate of drug-likeness (QED) is 0.242. The van der Waals surface area contributed by atoms with E-state index in [1.165, 1.54) is 0 Å². The highest BCUT2D eigenvalue weighted by Gasteiger charge is 2.33. The highest BCUT2D eigenvalue weighted by Crippen LogP contribution is 2.37. The van der Waals surface area contributed by atoms with Crippen molar-refractivity contribution in [2.24, 2.45) is 0 Å². The zero-order valence-electron chi connectivity index (χ0n) is 27.3. The first-order valence-electron chi connectivity index (χ1n) is 17.1. The van der Waals surface area contributed by atoms with E-state index in [9.17, 15) is 15.2 Å². The van der Waals surface area contributed by atoms with Crippen LogP contribution in [0, 0.1) is 11.3 Å². The maximum atomic E-state index is 13.3. The second-order valence-electron chi connectivity index (χ2n) is 12.8. The van der Waals surface area contributed by atoms with E-state index >= 15 is 0 Å². The third-order valence-corrected chi connectivity index (χ3v) is 9.50. The summed E-state index contributed by atoms with van der Waals surface area (Å²) in [6.45, 7) is 7.49. The van der Waals surface area contributed by atoms with Gasteiger partial charge in [0.1, 0.15) is 18.2 Å². The van der Waals surface area contributed by atoms with E-state index in [2.05, 4.69) is 26.8 Å². The predicted molar refractivity (Wildman–Crippen MR) is 181 cm³/mol. The van der Waals surface area contributed by atoms with Gasteiger partial charge in [0, 0.05) is 74.6 Å². The van der Waals surface area contributed by atoms with Crippen LogP contribution in [-0.4, -0.2) is 115 Å². The van der Waals surface area contributed by atoms with Gasteiger partial charge >= 0.3 is 6.01 Å². The highest BCUT2D eigenvalue weighted by molar-refractivity contribution is 5.95. The van der Waals surface area contributed by atoms with Crippen LogP contribution in [0.2, 0.25) is 0 Å². The van der Waals surface area contributed by atoms with Crippen molar-refractivity contribution in [3.05, 3.63) is 59.8 Å². The molecule has 1 saturated carbocycles. The van der Waals surface area contributed by atoms with Crippen LogP contribution in [0.25, 0.3) is 10.8 Å². The Balaban J connectivity index is 1.11. The number of amides is 1. The molecule has 12 nitrogen and oxygen atoms in total. The third-order valence-electron chi connectivity index (χ3n) is 9.50. The van der Waals surface area contributed by atoms with Crippen molar-refractivity contribution in [3.8, 4) is 17.8 Å². The topological polar surface area (TPSA) is 128 Å². The van der Waals surface area contributed by atoms with Gasteiger partial charge in [-0.1, -0.05) is 30.3 Å². The minimum absolute atomic E-state index is 0.0680. The van der Waals surface area contributed by atoms with E-state index in [1.807, 2.05) is 35.2 Å². The Morgan fingerprint density at radius 1 is 1.06 bits per heavy atom. The highest BCUT2D eigenvalue weighted by atomic mass is 16.5. The van der Waals surface area contributed by atoms with Crippen molar-refractivity contribution in [2.45, 2.75) is 44.4 Å². The van der Waals surface area contributed by atoms with Gasteiger partial charge in [-0.15, -0.1) is 0 Å². The summed E-state index contributed by atoms with van der Waals surface area (Å²) < 4.78 is 17.3. The Hall–Kier alpha value is -4.44. The van der Waals surface area contributed by atoms with Crippen molar-refractivity contribution in [1.82, 2.24) is 19.8 Å². The maximum Gasteiger partial charge on any atom is 0.318 e. The molecule has 1 N–H and O–H groups in total. The lowest BCUT2D eigenvalue weighted by atomic mass is 10.0. The molecule has 1 amide bonds. The molecule has 4 aliphatic rings. The van der Waals surface area contributed by atoms with Gasteiger partial charge in [-0.25, -0.2) is 0 Å². The average molecular weight is 654 g/mol. The lowest BCUT2D eigenvalue weighted by molar-refractivity contribution is -0.128. The van der Waals surface area contributed by atoms with Crippen molar-refractivity contribution in [1.29, 1.82) is 5.26 Å². The maximum absolute atomic E-state index is 13.3. The number of piperazine rings is 1. The lowest BCUT2D eigenvalue weighted by Crippen LogP contribution is -2.55. The number of anilines is 2. The molecule has 0 unspecified atom stereocenters. The summed E-state index contributed by atoms with van der Waals surface area (Å²) in [4.78, 5) is 31.7. The van der Waals surface area contributed by atoms with Crippen molar-refractivity contribution < 1.29 is 24.1 Å². The van der Waals surface area contributed by atoms with Gasteiger partial charge in [-0.3, -0.25) is 9.69 Å². The number of nitrogens with zero attached hydrogens (tertiary/aromatic N) is 7. The van der Waals surface area contributed by atoms with Crippen molar-refractivity contribution in [2.75, 3.05) is 82.0 Å². The van der Waals surface area contributed by atoms with E-state index in [-0.39, 0.29) is 24.1 Å². The standard InChI is InChI=1S/C36H43N7O5/c37-11-9-27-24-42(14-15-43(27)34(45)6-3-12-40-16-18-46-19-17-40)35-31-10-13-41(33-23-28(44)22-26-4-1-2-5-30(26)33)25-32(31)38-36(39-35)48-21-20-47-29-7-8-29/h1-6,22-23,27,29,44H,7-10,12-21,24-25H2/b6-3+/t27-/m0/s1. The van der Waals surface area contributed by atoms with E-state index in [0.29, 0.717) is 77.7 Å². The number of carbonyl (C=O) groups is 1. The summed E-state index contributed by atoms with van der Waals surface area (Å²) in [5.74, 6) is 0.961. The number of aromatic hydroxyl groups is 1. The van der Waals surface area contributed by atoms with Crippen molar-refractivity contribution >= 4 is 28.2 Å². The number of aromatic nitrogens is 2. The first-order valence-corrected chi connectivity index (χ1v) is 17.1. The molecule has 2 saturated heterocycles. The minimum Gasteiger partial charge on any atom is -0.508 e. The minimum atomic E-state index is -0.273. The summed E-state index contributed by atoms with van der Waals surface area (Å²) in [5, 5.41) is 22.3. The summed E-state index contributed by atoms with van der Waals surface area (Å²) >= 11 is 0. The van der Waals surface area contributed by atoms with Gasteiger partial charge in [0.25, 0.3) is 0 Å². The van der Waals surface area contributed by atoms with Crippen LogP contribution in [-0.2, 0) is 27.2 Å². The van der Waals surface area contributed by atoms with Crippen LogP contribution in [0.5, 0.6) is 11.8 Å². The molecule has 12 heteroatoms. The molecule has 0 spiro atoms. The number of phenolic OH excluding ortho intramolecular Hbond substituents is 1. The second-order valence-corrected chi connectivity index (χ2v) is 12.8. The van der Waals surface area contributed by atoms with Crippen LogP contribution in [0.1, 0.15) is 30.5 Å². The van der Waals surface area contributed by atoms with Gasteiger partial charge in [0.05, 0.1) is 56.7 Å². The molecule has 1 aliphatic carbocycles. The summed E-state index contributed by atoms with van der Waals surface area (Å²) in [6.07, 6.45) is 7.03. The smallest absolute Gasteiger partial charge is 0.318 e. The van der Waals surface area contributed by atoms with E-state index in [0.717, 1.165) is 66.0 Å². The molecule has 3 fully saturated rings. The Morgan fingerprint density at radius 3 is 2.75 bits per heavy atom. The molecule has 1 aromatic heterocycles. The van der Waals surface area contributed by atoms with Crippen LogP contribution in [0.15, 0.2) is 48.6 Å². The molecule has 48 heavy (non-hydrogen) atoms. The molecular formula is C36H43N7O5. The zero-order valence-corrected chi connectivity index (χ0v) is 27.3. The summed E-state index contributed by atoms with van der Waals surface area (Å²) in [7, 11) is 0. The van der Waals surface area contributed by atoms with Gasteiger partial charge < -0.3 is 34.0 Å². The molecule has 7 rings (SSSR count). The Labute approximate surface area is 281 Å². The largest absolute Gasteiger partial charge is 0.508 e. The average Bonchev–Trinajstić information content (AvgIpc) is 3.94. The van der Waals surface area contributed by atoms with Crippen LogP contribution in [0.4, 0.5) is 11.5 Å². The molecule has 3 aromatic rings. The van der Waals surface area contributed by atoms with E-state index in [1.54, 1.807) is 12.1 Å². The Morgan fingerprint density at radius 2 is 1.92 bits per heavy atom. The number of phenols is 1. The zero-order chi connectivity index (χ0) is 32.9. The molecule has 252 valence electrons. The summed E-state index contributed by atoms with van der Waals surface area (Å²) in [5.41, 5.74) is 2.89. The monoisotopic (exact) mass is 653 g/mol. The van der Waals surface area contributed by atoms with Gasteiger partial charge in [0.15, 0.2) is 0 Å². The third kappa shape index (κ3) is 7.49. The lowest BCUT2D eigenvalue weighted by Gasteiger charge is -2.42. The van der Waals surface area contributed by atoms with Gasteiger partial charge in [-0.05, 0) is 30.7 Å². The molecule has 3 aliphatic heterocycles. The Bertz CT molecular complexity index is 1680. The SMILES string of the molecule is N#CC[C@H]1CN(c2nc(OCCOC3CC3)nc3c2CCN(c2cc(O)cc4ccccc24)C3)CCN1C(=O)/C=C/CN1CCOCC1. The molecule has 2 aromatic carbocycles. The van der Waals surface area contributed by atoms with Crippen LogP contribution < -0.4 is 14.5 Å². The number of benzene rings is 2. The number of hydrogen-bond acceptors (Lipinski definition) is 11. The van der Waals surface area contributed by atoms with E-state index < -0.39 is 0 Å². The molecule has 1 atom stereocenters. The van der Waals surface area contributed by atoms with Gasteiger partial charge in [-0.2, -0.15) is 15.2 Å². The fourth-order valence-electron chi connectivity index (χ4n) is 6.84. The summed E-state index contributed by atoms with van der Waals surface area (Å²) in [6, 6.07) is 14.0. The number of ether oxygens (including phenoxy) is 3. The van der Waals surface area contributed by atoms with Gasteiger partial charge in [0.2, 0.25) is 5.91 Å². The first kappa shape index (κ1) is 32.1. The fourth-order valence-corrected chi connectivity index (χ4v) is 6.84. The van der Waals surface area contributed by atoms with Crippen LogP contribution in [0.3, 0.4) is 0 Å². The first-order chi connectivity index (χ1) is 23.6. The normalized spacial score (nSPS) is 20.2. The number of rotatable bonds is 11. The number of carbonyl (C=O) groups excluding carboxylic acids is 1. The Kier molecular flexibility index (Phi) is 9.88. The van der Waals surface area contributed by atoms with Crippen LogP contribution >= 0.6 is 0 Å². The predicted octanol–water partition coefficient (Wildman–Crippen LogP) is 3.28. The molecule has 4 heterocycles. The molecular weight excluding hydrogens is 610 g/mol. The fraction of sp³-hybridized carbons (Fsp3) is 0.500. The van der Waals surface area contributed by atoms with Crippen molar-refractivity contribution in [3.63, 3.8) is 0 Å². The number of hydrogen-bond donors (Lipinski definition) is 1. The number of fused-ring (bicyclic) bond motifs is 2. The molecule has 0 radical (unpaired) electrons. The van der Waals surface area contributed by atoms with E-state index in [4.69, 9.17) is 24.2 Å². The number of nitriles is 1. The second kappa shape index (κ2) is 14.8.